The molecular formula is C13H23N3O. The zero-order valence-electron chi connectivity index (χ0n) is 11.3. The van der Waals surface area contributed by atoms with Crippen LogP contribution in [-0.2, 0) is 6.42 Å². The van der Waals surface area contributed by atoms with Gasteiger partial charge in [-0.15, -0.1) is 0 Å². The van der Waals surface area contributed by atoms with Crippen molar-refractivity contribution >= 4 is 5.82 Å². The van der Waals surface area contributed by atoms with E-state index in [0.717, 1.165) is 31.0 Å². The fraction of sp³-hybridized carbons (Fsp3) is 0.692. The number of nitrogens with one attached hydrogen (secondary N) is 1. The molecule has 0 bridgehead atoms. The topological polar surface area (TPSA) is 47.0 Å². The van der Waals surface area contributed by atoms with E-state index in [2.05, 4.69) is 29.1 Å². The molecule has 0 aliphatic heterocycles. The van der Waals surface area contributed by atoms with Crippen molar-refractivity contribution in [3.63, 3.8) is 0 Å². The first-order valence-electron chi connectivity index (χ1n) is 6.40. The quantitative estimate of drug-likeness (QED) is 0.792. The summed E-state index contributed by atoms with van der Waals surface area (Å²) in [5.74, 6) is 2.99. The highest BCUT2D eigenvalue weighted by molar-refractivity contribution is 5.38. The smallest absolute Gasteiger partial charge is 0.218 e. The Balaban J connectivity index is 2.66. The molecule has 0 spiro atoms. The van der Waals surface area contributed by atoms with Crippen molar-refractivity contribution in [1.29, 1.82) is 0 Å². The van der Waals surface area contributed by atoms with Crippen LogP contribution in [0.15, 0.2) is 6.07 Å². The summed E-state index contributed by atoms with van der Waals surface area (Å²) >= 11 is 0. The minimum Gasteiger partial charge on any atom is -0.478 e. The summed E-state index contributed by atoms with van der Waals surface area (Å²) in [7, 11) is 0. The lowest BCUT2D eigenvalue weighted by molar-refractivity contribution is 0.278. The average molecular weight is 237 g/mol. The Bertz CT molecular complexity index is 339. The van der Waals surface area contributed by atoms with Crippen LogP contribution in [0.1, 0.15) is 39.9 Å². The van der Waals surface area contributed by atoms with Crippen molar-refractivity contribution in [2.75, 3.05) is 18.5 Å². The molecule has 0 aliphatic carbocycles. The molecule has 0 atom stereocenters. The Morgan fingerprint density at radius 2 is 2.06 bits per heavy atom. The van der Waals surface area contributed by atoms with Gasteiger partial charge in [-0.05, 0) is 19.3 Å². The molecule has 1 aromatic heterocycles. The van der Waals surface area contributed by atoms with Gasteiger partial charge < -0.3 is 10.1 Å². The number of rotatable bonds is 7. The lowest BCUT2D eigenvalue weighted by atomic mass is 10.1. The number of hydrogen-bond acceptors (Lipinski definition) is 4. The molecule has 96 valence electrons. The van der Waals surface area contributed by atoms with Crippen molar-refractivity contribution < 1.29 is 4.74 Å². The predicted molar refractivity (Wildman–Crippen MR) is 70.5 cm³/mol. The van der Waals surface area contributed by atoms with Crippen molar-refractivity contribution in [1.82, 2.24) is 9.97 Å². The van der Waals surface area contributed by atoms with Gasteiger partial charge in [-0.25, -0.2) is 4.98 Å². The molecule has 1 rings (SSSR count). The molecule has 0 amide bonds. The van der Waals surface area contributed by atoms with Crippen molar-refractivity contribution in [3.8, 4) is 5.88 Å². The first kappa shape index (κ1) is 13.7. The zero-order chi connectivity index (χ0) is 12.7. The average Bonchev–Trinajstić information content (AvgIpc) is 2.28. The minimum absolute atomic E-state index is 0.649. The van der Waals surface area contributed by atoms with Crippen LogP contribution in [0.25, 0.3) is 0 Å². The Kier molecular flexibility index (Phi) is 5.73. The molecule has 17 heavy (non-hydrogen) atoms. The number of ether oxygens (including phenoxy) is 1. The van der Waals surface area contributed by atoms with Crippen LogP contribution in [0, 0.1) is 5.92 Å². The van der Waals surface area contributed by atoms with Crippen LogP contribution in [0.2, 0.25) is 0 Å². The molecule has 0 aliphatic rings. The van der Waals surface area contributed by atoms with Gasteiger partial charge in [-0.2, -0.15) is 4.98 Å². The monoisotopic (exact) mass is 237 g/mol. The van der Waals surface area contributed by atoms with Crippen molar-refractivity contribution in [2.45, 2.75) is 40.5 Å². The van der Waals surface area contributed by atoms with E-state index in [1.807, 2.05) is 19.9 Å². The fourth-order valence-corrected chi connectivity index (χ4v) is 1.38. The molecule has 4 heteroatoms. The zero-order valence-corrected chi connectivity index (χ0v) is 11.3. The highest BCUT2D eigenvalue weighted by Crippen LogP contribution is 2.14. The van der Waals surface area contributed by atoms with Gasteiger partial charge >= 0.3 is 0 Å². The van der Waals surface area contributed by atoms with E-state index >= 15 is 0 Å². The SMILES string of the molecule is CCNc1cc(OCCC(C)C)nc(CC)n1. The first-order chi connectivity index (χ1) is 8.15. The van der Waals surface area contributed by atoms with Crippen LogP contribution in [0.3, 0.4) is 0 Å². The first-order valence-corrected chi connectivity index (χ1v) is 6.40. The summed E-state index contributed by atoms with van der Waals surface area (Å²) in [6.45, 7) is 10.0. The van der Waals surface area contributed by atoms with Gasteiger partial charge in [0.15, 0.2) is 0 Å². The van der Waals surface area contributed by atoms with E-state index in [1.54, 1.807) is 0 Å². The fourth-order valence-electron chi connectivity index (χ4n) is 1.38. The lowest BCUT2D eigenvalue weighted by Gasteiger charge is -2.10. The number of aromatic nitrogens is 2. The number of anilines is 1. The van der Waals surface area contributed by atoms with Crippen molar-refractivity contribution in [2.24, 2.45) is 5.92 Å². The normalized spacial score (nSPS) is 10.6. The molecule has 0 radical (unpaired) electrons. The predicted octanol–water partition coefficient (Wildman–Crippen LogP) is 2.90. The molecule has 1 N–H and O–H groups in total. The maximum Gasteiger partial charge on any atom is 0.218 e. The van der Waals surface area contributed by atoms with Gasteiger partial charge in [-0.1, -0.05) is 20.8 Å². The summed E-state index contributed by atoms with van der Waals surface area (Å²) < 4.78 is 5.66. The summed E-state index contributed by atoms with van der Waals surface area (Å²) in [5.41, 5.74) is 0. The largest absolute Gasteiger partial charge is 0.478 e. The van der Waals surface area contributed by atoms with Gasteiger partial charge in [0.2, 0.25) is 5.88 Å². The Labute approximate surface area is 104 Å². The lowest BCUT2D eigenvalue weighted by Crippen LogP contribution is -2.07. The van der Waals surface area contributed by atoms with E-state index in [4.69, 9.17) is 4.74 Å². The Morgan fingerprint density at radius 3 is 2.65 bits per heavy atom. The summed E-state index contributed by atoms with van der Waals surface area (Å²) in [5, 5.41) is 3.19. The number of nitrogens with zero attached hydrogens (tertiary/aromatic N) is 2. The van der Waals surface area contributed by atoms with Crippen LogP contribution in [-0.4, -0.2) is 23.1 Å². The van der Waals surface area contributed by atoms with Crippen molar-refractivity contribution in [3.05, 3.63) is 11.9 Å². The second-order valence-electron chi connectivity index (χ2n) is 4.42. The third kappa shape index (κ3) is 5.02. The van der Waals surface area contributed by atoms with Crippen LogP contribution in [0.4, 0.5) is 5.82 Å². The van der Waals surface area contributed by atoms with Gasteiger partial charge in [-0.3, -0.25) is 0 Å². The van der Waals surface area contributed by atoms with Crippen LogP contribution in [0.5, 0.6) is 5.88 Å². The second-order valence-corrected chi connectivity index (χ2v) is 4.42. The van der Waals surface area contributed by atoms with Gasteiger partial charge in [0, 0.05) is 19.0 Å². The molecule has 0 aromatic carbocycles. The Morgan fingerprint density at radius 1 is 1.29 bits per heavy atom. The summed E-state index contributed by atoms with van der Waals surface area (Å²) in [6.07, 6.45) is 1.86. The summed E-state index contributed by atoms with van der Waals surface area (Å²) in [6, 6.07) is 1.86. The van der Waals surface area contributed by atoms with E-state index in [1.165, 1.54) is 0 Å². The Hall–Kier alpha value is -1.32. The standard InChI is InChI=1S/C13H23N3O/c1-5-11-15-12(14-6-2)9-13(16-11)17-8-7-10(3)4/h9-10H,5-8H2,1-4H3,(H,14,15,16). The molecule has 1 heterocycles. The van der Waals surface area contributed by atoms with Crippen LogP contribution >= 0.6 is 0 Å². The minimum atomic E-state index is 0.649. The van der Waals surface area contributed by atoms with Gasteiger partial charge in [0.1, 0.15) is 11.6 Å². The van der Waals surface area contributed by atoms with Gasteiger partial charge in [0.25, 0.3) is 0 Å². The van der Waals surface area contributed by atoms with Gasteiger partial charge in [0.05, 0.1) is 6.61 Å². The van der Waals surface area contributed by atoms with Crippen LogP contribution < -0.4 is 10.1 Å². The van der Waals surface area contributed by atoms with E-state index in [9.17, 15) is 0 Å². The number of hydrogen-bond donors (Lipinski definition) is 1. The molecule has 0 saturated heterocycles. The number of aryl methyl sites for hydroxylation is 1. The maximum absolute atomic E-state index is 5.66. The third-order valence-electron chi connectivity index (χ3n) is 2.37. The maximum atomic E-state index is 5.66. The van der Waals surface area contributed by atoms with E-state index < -0.39 is 0 Å². The summed E-state index contributed by atoms with van der Waals surface area (Å²) in [4.78, 5) is 8.74. The molecule has 0 fully saturated rings. The molecule has 0 saturated carbocycles. The molecular weight excluding hydrogens is 214 g/mol. The highest BCUT2D eigenvalue weighted by Gasteiger charge is 2.04. The molecule has 4 nitrogen and oxygen atoms in total. The molecule has 1 aromatic rings. The third-order valence-corrected chi connectivity index (χ3v) is 2.37. The second kappa shape index (κ2) is 7.09. The molecule has 0 unspecified atom stereocenters. The highest BCUT2D eigenvalue weighted by atomic mass is 16.5. The van der Waals surface area contributed by atoms with E-state index in [-0.39, 0.29) is 0 Å². The van der Waals surface area contributed by atoms with E-state index in [0.29, 0.717) is 18.4 Å².